The molecule has 8 N–H and O–H groups in total. The summed E-state index contributed by atoms with van der Waals surface area (Å²) in [4.78, 5) is 91.3. The molecule has 2 aliphatic rings. The number of rotatable bonds is 16. The first-order valence-electron chi connectivity index (χ1n) is 19.3. The molecule has 3 heterocycles. The Balaban J connectivity index is 1.24. The van der Waals surface area contributed by atoms with Crippen LogP contribution in [0, 0.1) is 0 Å². The van der Waals surface area contributed by atoms with Gasteiger partial charge in [-0.25, -0.2) is 0 Å². The van der Waals surface area contributed by atoms with Crippen molar-refractivity contribution < 1.29 is 38.3 Å². The predicted octanol–water partition coefficient (Wildman–Crippen LogP) is 2.45. The Hall–Kier alpha value is -4.35. The van der Waals surface area contributed by atoms with Crippen molar-refractivity contribution in [3.8, 4) is 0 Å². The third-order valence-electron chi connectivity index (χ3n) is 10.6. The summed E-state index contributed by atoms with van der Waals surface area (Å²) in [5.74, 6) is -3.73. The quantitative estimate of drug-likeness (QED) is 0.0812. The lowest BCUT2D eigenvalue weighted by Gasteiger charge is -2.40. The summed E-state index contributed by atoms with van der Waals surface area (Å²) in [7, 11) is -4.48. The summed E-state index contributed by atoms with van der Waals surface area (Å²) >= 11 is 2.33. The van der Waals surface area contributed by atoms with Gasteiger partial charge in [0.05, 0.1) is 17.6 Å². The van der Waals surface area contributed by atoms with E-state index in [1.807, 2.05) is 66.0 Å². The number of fused-ring (bicyclic) bond motifs is 2. The Morgan fingerprint density at radius 1 is 1.03 bits per heavy atom. The maximum Gasteiger partial charge on any atom is 0.335 e. The molecule has 1 aromatic heterocycles. The van der Waals surface area contributed by atoms with Crippen LogP contribution in [0.1, 0.15) is 43.2 Å². The van der Waals surface area contributed by atoms with E-state index in [0.29, 0.717) is 44.5 Å². The molecule has 5 amide bonds. The number of likely N-dealkylation sites (tertiary alicyclic amines) is 1. The standard InChI is InChI=1S/C40H50N7O8PS2/c1-25(48)47(36-21-42-15-16-43-36)34(19-29-22-58-35-12-5-4-10-30(29)35)39(51)45-32(23-57-24-56(53,54)55)40(52)46-17-7-6-11-33(46)38(50)44-20-31(37(41)49)28-14-13-26-8-2-3-9-27(26)18-28/h2-5,8-10,12-14,18,22,31-34,36,42-43H,6-7,11,15-17,19-21,23-24H2,1H3,(H2,41,49)(H,44,50)(H,45,51)(H2,53,54,55). The Bertz CT molecular complexity index is 2180. The van der Waals surface area contributed by atoms with E-state index < -0.39 is 66.9 Å². The van der Waals surface area contributed by atoms with Gasteiger partial charge in [0.25, 0.3) is 0 Å². The second-order valence-electron chi connectivity index (χ2n) is 14.7. The molecule has 310 valence electrons. The first kappa shape index (κ1) is 43.2. The monoisotopic (exact) mass is 851 g/mol. The van der Waals surface area contributed by atoms with Crippen LogP contribution in [0.5, 0.6) is 0 Å². The van der Waals surface area contributed by atoms with Crippen molar-refractivity contribution >= 4 is 81.1 Å². The predicted molar refractivity (Wildman–Crippen MR) is 226 cm³/mol. The van der Waals surface area contributed by atoms with Crippen molar-refractivity contribution in [1.29, 1.82) is 0 Å². The Morgan fingerprint density at radius 2 is 1.79 bits per heavy atom. The molecular formula is C40H50N7O8PS2. The first-order valence-corrected chi connectivity index (χ1v) is 23.1. The maximum absolute atomic E-state index is 14.6. The molecular weight excluding hydrogens is 802 g/mol. The Labute approximate surface area is 345 Å². The van der Waals surface area contributed by atoms with E-state index in [1.165, 1.54) is 28.1 Å². The highest BCUT2D eigenvalue weighted by Crippen LogP contribution is 2.39. The minimum atomic E-state index is -4.48. The highest BCUT2D eigenvalue weighted by molar-refractivity contribution is 8.04. The number of primary amides is 1. The minimum Gasteiger partial charge on any atom is -0.369 e. The van der Waals surface area contributed by atoms with Crippen LogP contribution in [-0.2, 0) is 35.0 Å². The van der Waals surface area contributed by atoms with E-state index in [9.17, 15) is 38.3 Å². The van der Waals surface area contributed by atoms with Gasteiger partial charge in [0, 0.05) is 56.5 Å². The number of amides is 5. The van der Waals surface area contributed by atoms with Crippen molar-refractivity contribution in [1.82, 2.24) is 31.1 Å². The number of benzene rings is 3. The molecule has 0 aliphatic carbocycles. The molecule has 4 aromatic rings. The molecule has 0 saturated carbocycles. The number of carbonyl (C=O) groups excluding carboxylic acids is 5. The summed E-state index contributed by atoms with van der Waals surface area (Å²) in [6, 6.07) is 17.6. The molecule has 5 unspecified atom stereocenters. The molecule has 3 aromatic carbocycles. The molecule has 58 heavy (non-hydrogen) atoms. The van der Waals surface area contributed by atoms with E-state index in [2.05, 4.69) is 21.3 Å². The minimum absolute atomic E-state index is 0.104. The van der Waals surface area contributed by atoms with Crippen molar-refractivity contribution in [2.24, 2.45) is 5.73 Å². The molecule has 2 saturated heterocycles. The van der Waals surface area contributed by atoms with Gasteiger partial charge in [0.2, 0.25) is 29.5 Å². The van der Waals surface area contributed by atoms with Crippen LogP contribution in [-0.4, -0.2) is 117 Å². The van der Waals surface area contributed by atoms with Gasteiger partial charge in [0.1, 0.15) is 18.1 Å². The normalized spacial score (nSPS) is 18.9. The van der Waals surface area contributed by atoms with Gasteiger partial charge in [-0.15, -0.1) is 23.1 Å². The molecule has 0 radical (unpaired) electrons. The number of piperazine rings is 1. The molecule has 15 nitrogen and oxygen atoms in total. The van der Waals surface area contributed by atoms with Gasteiger partial charge in [-0.05, 0) is 58.0 Å². The lowest BCUT2D eigenvalue weighted by molar-refractivity contribution is -0.147. The smallest absolute Gasteiger partial charge is 0.335 e. The van der Waals surface area contributed by atoms with Gasteiger partial charge in [-0.1, -0.05) is 60.7 Å². The fourth-order valence-corrected chi connectivity index (χ4v) is 10.5. The zero-order valence-electron chi connectivity index (χ0n) is 32.2. The van der Waals surface area contributed by atoms with Crippen molar-refractivity contribution in [3.63, 3.8) is 0 Å². The van der Waals surface area contributed by atoms with Gasteiger partial charge < -0.3 is 41.3 Å². The third kappa shape index (κ3) is 10.8. The third-order valence-corrected chi connectivity index (χ3v) is 14.2. The highest BCUT2D eigenvalue weighted by atomic mass is 32.2. The molecule has 0 spiro atoms. The first-order chi connectivity index (χ1) is 27.8. The van der Waals surface area contributed by atoms with E-state index in [0.717, 1.165) is 38.2 Å². The van der Waals surface area contributed by atoms with Crippen molar-refractivity contribution in [2.75, 3.05) is 44.0 Å². The zero-order valence-corrected chi connectivity index (χ0v) is 34.7. The Morgan fingerprint density at radius 3 is 2.52 bits per heavy atom. The summed E-state index contributed by atoms with van der Waals surface area (Å²) in [5.41, 5.74) is 6.70. The largest absolute Gasteiger partial charge is 0.369 e. The van der Waals surface area contributed by atoms with Gasteiger partial charge in [-0.3, -0.25) is 33.9 Å². The summed E-state index contributed by atoms with van der Waals surface area (Å²) < 4.78 is 12.9. The number of thiophene rings is 1. The molecule has 5 atom stereocenters. The molecule has 2 aliphatic heterocycles. The lowest BCUT2D eigenvalue weighted by Crippen LogP contribution is -2.65. The van der Waals surface area contributed by atoms with E-state index in [4.69, 9.17) is 5.73 Å². The SMILES string of the molecule is CC(=O)N(C1CNCCN1)C(Cc1csc2ccccc12)C(=O)NC(CSCP(=O)(O)O)C(=O)N1CCCCC1C(=O)NCC(C(N)=O)c1ccc2ccccc2c1. The van der Waals surface area contributed by atoms with Gasteiger partial charge in [-0.2, -0.15) is 0 Å². The van der Waals surface area contributed by atoms with E-state index >= 15 is 0 Å². The summed E-state index contributed by atoms with van der Waals surface area (Å²) in [6.45, 7) is 3.10. The maximum atomic E-state index is 14.6. The average molecular weight is 852 g/mol. The lowest BCUT2D eigenvalue weighted by atomic mass is 9.95. The van der Waals surface area contributed by atoms with E-state index in [1.54, 1.807) is 6.07 Å². The fraction of sp³-hybridized carbons (Fsp3) is 0.425. The molecule has 6 rings (SSSR count). The van der Waals surface area contributed by atoms with Gasteiger partial charge >= 0.3 is 7.60 Å². The number of nitrogens with one attached hydrogen (secondary N) is 4. The van der Waals surface area contributed by atoms with E-state index in [-0.39, 0.29) is 31.2 Å². The van der Waals surface area contributed by atoms with Crippen LogP contribution in [0.2, 0.25) is 0 Å². The van der Waals surface area contributed by atoms with Crippen LogP contribution < -0.4 is 27.0 Å². The van der Waals surface area contributed by atoms with Crippen LogP contribution >= 0.6 is 30.7 Å². The second-order valence-corrected chi connectivity index (χ2v) is 18.7. The van der Waals surface area contributed by atoms with Crippen molar-refractivity contribution in [2.45, 2.75) is 62.8 Å². The Kier molecular flexibility index (Phi) is 14.6. The topological polar surface area (TPSA) is 224 Å². The van der Waals surface area contributed by atoms with Crippen LogP contribution in [0.25, 0.3) is 20.9 Å². The number of piperidine rings is 1. The van der Waals surface area contributed by atoms with Gasteiger partial charge in [0.15, 0.2) is 0 Å². The number of hydrogen-bond acceptors (Lipinski definition) is 10. The molecule has 2 fully saturated rings. The number of carbonyl (C=O) groups is 5. The van der Waals surface area contributed by atoms with Crippen LogP contribution in [0.15, 0.2) is 72.1 Å². The molecule has 18 heteroatoms. The molecule has 0 bridgehead atoms. The van der Waals surface area contributed by atoms with Crippen LogP contribution in [0.4, 0.5) is 0 Å². The summed E-state index contributed by atoms with van der Waals surface area (Å²) in [6.07, 6.45) is 1.15. The number of nitrogens with two attached hydrogens (primary N) is 1. The highest BCUT2D eigenvalue weighted by Gasteiger charge is 2.40. The number of hydrogen-bond donors (Lipinski definition) is 7. The number of thioether (sulfide) groups is 1. The second kappa shape index (κ2) is 19.6. The fourth-order valence-electron chi connectivity index (χ4n) is 7.74. The zero-order chi connectivity index (χ0) is 41.4. The average Bonchev–Trinajstić information content (AvgIpc) is 3.62. The van der Waals surface area contributed by atoms with Crippen LogP contribution in [0.3, 0.4) is 0 Å². The summed E-state index contributed by atoms with van der Waals surface area (Å²) in [5, 5.41) is 17.1. The van der Waals surface area contributed by atoms with Crippen molar-refractivity contribution in [3.05, 3.63) is 83.2 Å². The number of nitrogens with zero attached hydrogens (tertiary/aromatic N) is 2.